The minimum atomic E-state index is -0.903. The number of fused-ring (bicyclic) bond motifs is 1. The molecule has 0 unspecified atom stereocenters. The zero-order chi connectivity index (χ0) is 25.5. The number of amides is 2. The summed E-state index contributed by atoms with van der Waals surface area (Å²) < 4.78 is 12.5. The zero-order valence-electron chi connectivity index (χ0n) is 20.8. The monoisotopic (exact) mass is 489 g/mol. The van der Waals surface area contributed by atoms with E-state index in [9.17, 15) is 9.59 Å². The fraction of sp³-hybridized carbons (Fsp3) is 0.333. The van der Waals surface area contributed by atoms with Crippen LogP contribution in [0.25, 0.3) is 11.0 Å². The molecule has 9 nitrogen and oxygen atoms in total. The van der Waals surface area contributed by atoms with Gasteiger partial charge in [-0.15, -0.1) is 5.10 Å². The molecule has 0 spiro atoms. The summed E-state index contributed by atoms with van der Waals surface area (Å²) in [4.78, 5) is 28.9. The Kier molecular flexibility index (Phi) is 7.99. The molecule has 2 aromatic heterocycles. The number of benzene rings is 2. The molecule has 2 amide bonds. The molecule has 0 fully saturated rings. The molecule has 1 atom stereocenters. The summed E-state index contributed by atoms with van der Waals surface area (Å²) in [7, 11) is 1.57. The summed E-state index contributed by atoms with van der Waals surface area (Å²) in [5, 5.41) is 11.3. The highest BCUT2D eigenvalue weighted by Crippen LogP contribution is 2.27. The van der Waals surface area contributed by atoms with E-state index >= 15 is 0 Å². The number of methoxy groups -OCH3 is 1. The van der Waals surface area contributed by atoms with Crippen molar-refractivity contribution in [2.45, 2.75) is 39.4 Å². The van der Waals surface area contributed by atoms with Crippen molar-refractivity contribution in [3.05, 3.63) is 78.3 Å². The van der Waals surface area contributed by atoms with Gasteiger partial charge in [-0.1, -0.05) is 43.3 Å². The first-order valence-corrected chi connectivity index (χ1v) is 12.0. The highest BCUT2D eigenvalue weighted by Gasteiger charge is 2.33. The van der Waals surface area contributed by atoms with E-state index in [2.05, 4.69) is 29.5 Å². The Balaban J connectivity index is 1.70. The molecule has 4 aromatic rings. The Hall–Kier alpha value is -4.14. The van der Waals surface area contributed by atoms with Gasteiger partial charge in [-0.05, 0) is 54.3 Å². The molecule has 0 saturated carbocycles. The predicted molar refractivity (Wildman–Crippen MR) is 135 cm³/mol. The Morgan fingerprint density at radius 1 is 1.11 bits per heavy atom. The van der Waals surface area contributed by atoms with Crippen molar-refractivity contribution in [3.8, 4) is 5.75 Å². The number of carbonyl (C=O) groups excluding carboxylic acids is 2. The molecule has 2 aromatic carbocycles. The van der Waals surface area contributed by atoms with Crippen molar-refractivity contribution in [1.82, 2.24) is 25.2 Å². The molecule has 9 heteroatoms. The third kappa shape index (κ3) is 5.91. The number of carbonyl (C=O) groups is 2. The lowest BCUT2D eigenvalue weighted by atomic mass is 10.0. The Bertz CT molecular complexity index is 1300. The minimum Gasteiger partial charge on any atom is -0.497 e. The van der Waals surface area contributed by atoms with Crippen molar-refractivity contribution in [3.63, 3.8) is 0 Å². The van der Waals surface area contributed by atoms with Crippen molar-refractivity contribution in [1.29, 1.82) is 0 Å². The predicted octanol–water partition coefficient (Wildman–Crippen LogP) is 3.97. The standard InChI is InChI=1S/C27H31N5O4/c1-19(2)13-14-28-27(34)26(20-8-6-9-21(16-20)35-3)31(17-22-10-7-15-36-22)25(33)18-32-24-12-5-4-11-23(24)29-30-32/h4-12,15-16,19,26H,13-14,17-18H2,1-3H3,(H,28,34)/t26-/m1/s1. The maximum atomic E-state index is 13.8. The van der Waals surface area contributed by atoms with Crippen LogP contribution in [0.4, 0.5) is 0 Å². The molecular weight excluding hydrogens is 458 g/mol. The number of ether oxygens (including phenoxy) is 1. The lowest BCUT2D eigenvalue weighted by Crippen LogP contribution is -2.45. The SMILES string of the molecule is COc1cccc([C@H](C(=O)NCCC(C)C)N(Cc2ccco2)C(=O)Cn2nnc3ccccc32)c1. The Morgan fingerprint density at radius 2 is 1.94 bits per heavy atom. The lowest BCUT2D eigenvalue weighted by Gasteiger charge is -2.31. The van der Waals surface area contributed by atoms with Crippen LogP contribution in [0.1, 0.15) is 37.6 Å². The van der Waals surface area contributed by atoms with E-state index in [-0.39, 0.29) is 24.9 Å². The van der Waals surface area contributed by atoms with Crippen LogP contribution in [-0.2, 0) is 22.7 Å². The summed E-state index contributed by atoms with van der Waals surface area (Å²) in [6.07, 6.45) is 2.37. The summed E-state index contributed by atoms with van der Waals surface area (Å²) in [6, 6.07) is 17.3. The molecule has 0 aliphatic heterocycles. The van der Waals surface area contributed by atoms with E-state index in [4.69, 9.17) is 9.15 Å². The van der Waals surface area contributed by atoms with Gasteiger partial charge in [0.1, 0.15) is 29.6 Å². The van der Waals surface area contributed by atoms with Crippen molar-refractivity contribution in [2.24, 2.45) is 5.92 Å². The van der Waals surface area contributed by atoms with Crippen molar-refractivity contribution >= 4 is 22.8 Å². The van der Waals surface area contributed by atoms with Gasteiger partial charge in [-0.2, -0.15) is 0 Å². The Labute approximate surface area is 210 Å². The first-order chi connectivity index (χ1) is 17.5. The van der Waals surface area contributed by atoms with Crippen LogP contribution in [-0.4, -0.2) is 45.4 Å². The molecule has 4 rings (SSSR count). The summed E-state index contributed by atoms with van der Waals surface area (Å²) in [5.74, 6) is 1.03. The third-order valence-corrected chi connectivity index (χ3v) is 5.92. The molecule has 36 heavy (non-hydrogen) atoms. The number of para-hydroxylation sites is 1. The van der Waals surface area contributed by atoms with Gasteiger partial charge < -0.3 is 19.4 Å². The van der Waals surface area contributed by atoms with Crippen LogP contribution < -0.4 is 10.1 Å². The van der Waals surface area contributed by atoms with Gasteiger partial charge in [-0.25, -0.2) is 4.68 Å². The van der Waals surface area contributed by atoms with Gasteiger partial charge in [0.15, 0.2) is 0 Å². The van der Waals surface area contributed by atoms with E-state index in [1.807, 2.05) is 36.4 Å². The van der Waals surface area contributed by atoms with Gasteiger partial charge in [0, 0.05) is 6.54 Å². The van der Waals surface area contributed by atoms with Gasteiger partial charge >= 0.3 is 0 Å². The van der Waals surface area contributed by atoms with E-state index in [0.29, 0.717) is 35.1 Å². The normalized spacial score (nSPS) is 12.0. The molecule has 1 N–H and O–H groups in total. The highest BCUT2D eigenvalue weighted by molar-refractivity contribution is 5.89. The van der Waals surface area contributed by atoms with E-state index in [1.165, 1.54) is 4.90 Å². The van der Waals surface area contributed by atoms with Gasteiger partial charge in [-0.3, -0.25) is 9.59 Å². The molecular formula is C27H31N5O4. The summed E-state index contributed by atoms with van der Waals surface area (Å²) >= 11 is 0. The Morgan fingerprint density at radius 3 is 2.69 bits per heavy atom. The molecule has 0 aliphatic carbocycles. The number of hydrogen-bond donors (Lipinski definition) is 1. The topological polar surface area (TPSA) is 102 Å². The average Bonchev–Trinajstić information content (AvgIpc) is 3.54. The van der Waals surface area contributed by atoms with E-state index < -0.39 is 6.04 Å². The number of rotatable bonds is 11. The van der Waals surface area contributed by atoms with E-state index in [1.54, 1.807) is 42.3 Å². The van der Waals surface area contributed by atoms with Crippen molar-refractivity contribution < 1.29 is 18.7 Å². The summed E-state index contributed by atoms with van der Waals surface area (Å²) in [5.41, 5.74) is 2.07. The fourth-order valence-corrected chi connectivity index (χ4v) is 4.01. The lowest BCUT2D eigenvalue weighted by molar-refractivity contribution is -0.142. The number of nitrogens with one attached hydrogen (secondary N) is 1. The van der Waals surface area contributed by atoms with Crippen LogP contribution in [0.2, 0.25) is 0 Å². The molecule has 0 aliphatic rings. The molecule has 0 radical (unpaired) electrons. The second-order valence-electron chi connectivity index (χ2n) is 8.99. The smallest absolute Gasteiger partial charge is 0.247 e. The first-order valence-electron chi connectivity index (χ1n) is 12.0. The fourth-order valence-electron chi connectivity index (χ4n) is 4.01. The summed E-state index contributed by atoms with van der Waals surface area (Å²) in [6.45, 7) is 4.73. The number of hydrogen-bond acceptors (Lipinski definition) is 6. The maximum absolute atomic E-state index is 13.8. The molecule has 0 saturated heterocycles. The number of nitrogens with zero attached hydrogens (tertiary/aromatic N) is 4. The molecule has 2 heterocycles. The highest BCUT2D eigenvalue weighted by atomic mass is 16.5. The molecule has 0 bridgehead atoms. The van der Waals surface area contributed by atoms with Gasteiger partial charge in [0.05, 0.1) is 25.4 Å². The van der Waals surface area contributed by atoms with Gasteiger partial charge in [0.2, 0.25) is 11.8 Å². The van der Waals surface area contributed by atoms with Crippen LogP contribution in [0.3, 0.4) is 0 Å². The van der Waals surface area contributed by atoms with E-state index in [0.717, 1.165) is 11.9 Å². The van der Waals surface area contributed by atoms with Gasteiger partial charge in [0.25, 0.3) is 0 Å². The number of furan rings is 1. The van der Waals surface area contributed by atoms with Crippen molar-refractivity contribution in [2.75, 3.05) is 13.7 Å². The third-order valence-electron chi connectivity index (χ3n) is 5.92. The van der Waals surface area contributed by atoms with Crippen LogP contribution in [0.5, 0.6) is 5.75 Å². The molecule has 188 valence electrons. The van der Waals surface area contributed by atoms with Crippen LogP contribution in [0.15, 0.2) is 71.3 Å². The number of aromatic nitrogens is 3. The maximum Gasteiger partial charge on any atom is 0.247 e. The minimum absolute atomic E-state index is 0.0824. The zero-order valence-corrected chi connectivity index (χ0v) is 20.8. The largest absolute Gasteiger partial charge is 0.497 e. The second kappa shape index (κ2) is 11.5. The quantitative estimate of drug-likeness (QED) is 0.342. The average molecular weight is 490 g/mol. The first kappa shape index (κ1) is 25.0. The van der Waals surface area contributed by atoms with Crippen LogP contribution in [0, 0.1) is 5.92 Å². The second-order valence-corrected chi connectivity index (χ2v) is 8.99. The van der Waals surface area contributed by atoms with Crippen LogP contribution >= 0.6 is 0 Å².